The molecule has 0 aliphatic carbocycles. The van der Waals surface area contributed by atoms with E-state index in [1.165, 1.54) is 0 Å². The Balaban J connectivity index is 2.31. The number of hydrogen-bond acceptors (Lipinski definition) is 2. The highest BCUT2D eigenvalue weighted by atomic mass is 16.4. The van der Waals surface area contributed by atoms with Crippen LogP contribution in [0.25, 0.3) is 21.9 Å². The van der Waals surface area contributed by atoms with Gasteiger partial charge in [0, 0.05) is 10.9 Å². The molecule has 3 aromatic carbocycles. The summed E-state index contributed by atoms with van der Waals surface area (Å²) in [7, 11) is 0. The third-order valence-electron chi connectivity index (χ3n) is 3.49. The van der Waals surface area contributed by atoms with Gasteiger partial charge in [0.25, 0.3) is 0 Å². The number of benzene rings is 3. The summed E-state index contributed by atoms with van der Waals surface area (Å²) in [5.74, 6) is -0.947. The first-order valence-corrected chi connectivity index (χ1v) is 6.51. The first-order chi connectivity index (χ1) is 10.2. The van der Waals surface area contributed by atoms with Gasteiger partial charge in [-0.05, 0) is 22.6 Å². The number of carboxylic acids is 1. The zero-order valence-electron chi connectivity index (χ0n) is 11.1. The molecule has 0 bridgehead atoms. The number of hydrogen-bond donors (Lipinski definition) is 1. The SMILES string of the molecule is O=Cc1ccc(-c2cccc3cccc(C(=O)O)c23)cc1. The molecule has 0 saturated heterocycles. The van der Waals surface area contributed by atoms with Crippen molar-refractivity contribution in [3.05, 3.63) is 71.8 Å². The number of fused-ring (bicyclic) bond motifs is 1. The number of aldehydes is 1. The van der Waals surface area contributed by atoms with E-state index in [2.05, 4.69) is 0 Å². The quantitative estimate of drug-likeness (QED) is 0.735. The van der Waals surface area contributed by atoms with E-state index in [9.17, 15) is 14.7 Å². The average molecular weight is 276 g/mol. The smallest absolute Gasteiger partial charge is 0.336 e. The molecule has 0 aromatic heterocycles. The van der Waals surface area contributed by atoms with Gasteiger partial charge < -0.3 is 5.11 Å². The first-order valence-electron chi connectivity index (χ1n) is 6.51. The van der Waals surface area contributed by atoms with Crippen LogP contribution in [0.15, 0.2) is 60.7 Å². The average Bonchev–Trinajstić information content (AvgIpc) is 2.53. The molecule has 0 saturated carbocycles. The van der Waals surface area contributed by atoms with Crippen molar-refractivity contribution >= 4 is 23.0 Å². The van der Waals surface area contributed by atoms with Crippen molar-refractivity contribution in [3.8, 4) is 11.1 Å². The number of carbonyl (C=O) groups is 2. The second-order valence-corrected chi connectivity index (χ2v) is 4.75. The zero-order valence-corrected chi connectivity index (χ0v) is 11.1. The molecule has 21 heavy (non-hydrogen) atoms. The van der Waals surface area contributed by atoms with E-state index in [1.54, 1.807) is 24.3 Å². The van der Waals surface area contributed by atoms with Crippen LogP contribution in [0.1, 0.15) is 20.7 Å². The molecule has 0 spiro atoms. The lowest BCUT2D eigenvalue weighted by atomic mass is 9.94. The largest absolute Gasteiger partial charge is 0.478 e. The number of carboxylic acid groups (broad SMARTS) is 1. The van der Waals surface area contributed by atoms with Crippen LogP contribution in [-0.4, -0.2) is 17.4 Å². The minimum atomic E-state index is -0.947. The maximum atomic E-state index is 11.5. The highest BCUT2D eigenvalue weighted by Crippen LogP contribution is 2.31. The Morgan fingerprint density at radius 3 is 2.19 bits per heavy atom. The molecule has 0 heterocycles. The third-order valence-corrected chi connectivity index (χ3v) is 3.49. The molecule has 0 fully saturated rings. The van der Waals surface area contributed by atoms with Gasteiger partial charge in [0.1, 0.15) is 6.29 Å². The third kappa shape index (κ3) is 2.30. The summed E-state index contributed by atoms with van der Waals surface area (Å²) in [5.41, 5.74) is 2.61. The van der Waals surface area contributed by atoms with Crippen molar-refractivity contribution in [2.24, 2.45) is 0 Å². The lowest BCUT2D eigenvalue weighted by Gasteiger charge is -2.10. The zero-order chi connectivity index (χ0) is 14.8. The Bertz CT molecular complexity index is 827. The van der Waals surface area contributed by atoms with Gasteiger partial charge in [-0.15, -0.1) is 0 Å². The van der Waals surface area contributed by atoms with Crippen molar-refractivity contribution in [3.63, 3.8) is 0 Å². The fourth-order valence-corrected chi connectivity index (χ4v) is 2.50. The highest BCUT2D eigenvalue weighted by molar-refractivity contribution is 6.10. The van der Waals surface area contributed by atoms with Gasteiger partial charge in [-0.25, -0.2) is 4.79 Å². The summed E-state index contributed by atoms with van der Waals surface area (Å²) in [6.45, 7) is 0. The summed E-state index contributed by atoms with van der Waals surface area (Å²) >= 11 is 0. The van der Waals surface area contributed by atoms with Crippen LogP contribution >= 0.6 is 0 Å². The molecule has 0 aliphatic rings. The highest BCUT2D eigenvalue weighted by Gasteiger charge is 2.12. The lowest BCUT2D eigenvalue weighted by molar-refractivity contribution is 0.0699. The summed E-state index contributed by atoms with van der Waals surface area (Å²) in [6.07, 6.45) is 0.787. The van der Waals surface area contributed by atoms with Gasteiger partial charge in [0.15, 0.2) is 0 Å². The maximum absolute atomic E-state index is 11.5. The predicted octanol–water partition coefficient (Wildman–Crippen LogP) is 4.02. The molecule has 3 nitrogen and oxygen atoms in total. The summed E-state index contributed by atoms with van der Waals surface area (Å²) in [6, 6.07) is 18.0. The molecular formula is C18H12O3. The van der Waals surface area contributed by atoms with Crippen molar-refractivity contribution in [1.29, 1.82) is 0 Å². The monoisotopic (exact) mass is 276 g/mol. The van der Waals surface area contributed by atoms with Crippen LogP contribution in [0.4, 0.5) is 0 Å². The van der Waals surface area contributed by atoms with Gasteiger partial charge in [0.2, 0.25) is 0 Å². The topological polar surface area (TPSA) is 54.4 Å². The van der Waals surface area contributed by atoms with Crippen molar-refractivity contribution in [2.75, 3.05) is 0 Å². The van der Waals surface area contributed by atoms with E-state index in [0.717, 1.165) is 22.8 Å². The lowest BCUT2D eigenvalue weighted by Crippen LogP contribution is -1.98. The Labute approximate surface area is 121 Å². The van der Waals surface area contributed by atoms with Crippen molar-refractivity contribution in [2.45, 2.75) is 0 Å². The Morgan fingerprint density at radius 1 is 0.905 bits per heavy atom. The van der Waals surface area contributed by atoms with Crippen LogP contribution < -0.4 is 0 Å². The van der Waals surface area contributed by atoms with Crippen LogP contribution in [-0.2, 0) is 0 Å². The predicted molar refractivity (Wildman–Crippen MR) is 81.7 cm³/mol. The van der Waals surface area contributed by atoms with Gasteiger partial charge in [0.05, 0.1) is 5.56 Å². The Hall–Kier alpha value is -2.94. The fourth-order valence-electron chi connectivity index (χ4n) is 2.50. The second-order valence-electron chi connectivity index (χ2n) is 4.75. The standard InChI is InChI=1S/C18H12O3/c19-11-12-7-9-13(10-8-12)15-5-1-3-14-4-2-6-16(17(14)15)18(20)21/h1-11H,(H,20,21). The molecule has 0 aliphatic heterocycles. The number of rotatable bonds is 3. The molecule has 0 atom stereocenters. The molecule has 0 radical (unpaired) electrons. The van der Waals surface area contributed by atoms with Crippen molar-refractivity contribution in [1.82, 2.24) is 0 Å². The molecule has 3 heteroatoms. The number of aromatic carboxylic acids is 1. The Morgan fingerprint density at radius 2 is 1.57 bits per heavy atom. The van der Waals surface area contributed by atoms with E-state index in [0.29, 0.717) is 10.9 Å². The van der Waals surface area contributed by atoms with Crippen LogP contribution in [0.5, 0.6) is 0 Å². The van der Waals surface area contributed by atoms with Gasteiger partial charge in [-0.3, -0.25) is 4.79 Å². The maximum Gasteiger partial charge on any atom is 0.336 e. The molecular weight excluding hydrogens is 264 g/mol. The second kappa shape index (κ2) is 5.21. The molecule has 1 N–H and O–H groups in total. The summed E-state index contributed by atoms with van der Waals surface area (Å²) in [5, 5.41) is 11.0. The van der Waals surface area contributed by atoms with E-state index in [-0.39, 0.29) is 5.56 Å². The van der Waals surface area contributed by atoms with Gasteiger partial charge in [-0.1, -0.05) is 54.6 Å². The molecule has 3 aromatic rings. The Kier molecular flexibility index (Phi) is 3.24. The minimum Gasteiger partial charge on any atom is -0.478 e. The van der Waals surface area contributed by atoms with E-state index in [1.807, 2.05) is 36.4 Å². The summed E-state index contributed by atoms with van der Waals surface area (Å²) in [4.78, 5) is 22.2. The van der Waals surface area contributed by atoms with Crippen LogP contribution in [0.3, 0.4) is 0 Å². The molecule has 0 amide bonds. The normalized spacial score (nSPS) is 10.5. The van der Waals surface area contributed by atoms with Gasteiger partial charge >= 0.3 is 5.97 Å². The summed E-state index contributed by atoms with van der Waals surface area (Å²) < 4.78 is 0. The van der Waals surface area contributed by atoms with E-state index < -0.39 is 5.97 Å². The van der Waals surface area contributed by atoms with Crippen molar-refractivity contribution < 1.29 is 14.7 Å². The molecule has 3 rings (SSSR count). The van der Waals surface area contributed by atoms with E-state index in [4.69, 9.17) is 0 Å². The number of carbonyl (C=O) groups excluding carboxylic acids is 1. The van der Waals surface area contributed by atoms with Crippen LogP contribution in [0, 0.1) is 0 Å². The fraction of sp³-hybridized carbons (Fsp3) is 0. The van der Waals surface area contributed by atoms with Crippen LogP contribution in [0.2, 0.25) is 0 Å². The minimum absolute atomic E-state index is 0.280. The molecule has 0 unspecified atom stereocenters. The first kappa shape index (κ1) is 13.1. The van der Waals surface area contributed by atoms with E-state index >= 15 is 0 Å². The molecule has 102 valence electrons. The van der Waals surface area contributed by atoms with Gasteiger partial charge in [-0.2, -0.15) is 0 Å².